The largest absolute Gasteiger partial charge is 0.489 e. The van der Waals surface area contributed by atoms with E-state index in [2.05, 4.69) is 37.9 Å². The van der Waals surface area contributed by atoms with Gasteiger partial charge in [-0.25, -0.2) is 0 Å². The van der Waals surface area contributed by atoms with E-state index in [1.54, 1.807) is 6.08 Å². The number of benzene rings is 1. The van der Waals surface area contributed by atoms with Gasteiger partial charge in [0.1, 0.15) is 12.4 Å². The lowest BCUT2D eigenvalue weighted by Crippen LogP contribution is -2.12. The van der Waals surface area contributed by atoms with E-state index in [0.29, 0.717) is 12.6 Å². The van der Waals surface area contributed by atoms with Crippen LogP contribution in [0, 0.1) is 6.92 Å². The molecule has 0 fully saturated rings. The van der Waals surface area contributed by atoms with E-state index >= 15 is 0 Å². The van der Waals surface area contributed by atoms with Crippen molar-refractivity contribution >= 4 is 0 Å². The van der Waals surface area contributed by atoms with Crippen molar-refractivity contribution in [2.45, 2.75) is 19.9 Å². The summed E-state index contributed by atoms with van der Waals surface area (Å²) in [6.45, 7) is 8.38. The summed E-state index contributed by atoms with van der Waals surface area (Å²) >= 11 is 0. The number of nitrogens with one attached hydrogen (secondary N) is 1. The van der Waals surface area contributed by atoms with Crippen molar-refractivity contribution in [1.29, 1.82) is 0 Å². The van der Waals surface area contributed by atoms with Crippen molar-refractivity contribution in [2.24, 2.45) is 0 Å². The Labute approximate surface area is 92.0 Å². The molecule has 1 aromatic rings. The molecule has 1 rings (SSSR count). The summed E-state index contributed by atoms with van der Waals surface area (Å²) in [6, 6.07) is 6.63. The maximum absolute atomic E-state index is 5.52. The third-order valence-electron chi connectivity index (χ3n) is 2.49. The summed E-state index contributed by atoms with van der Waals surface area (Å²) in [5.74, 6) is 0.932. The number of hydrogen-bond donors (Lipinski definition) is 1. The summed E-state index contributed by atoms with van der Waals surface area (Å²) < 4.78 is 5.52. The molecule has 2 heteroatoms. The Morgan fingerprint density at radius 1 is 1.53 bits per heavy atom. The molecule has 1 unspecified atom stereocenters. The molecule has 0 amide bonds. The predicted molar refractivity (Wildman–Crippen MR) is 64.3 cm³/mol. The highest BCUT2D eigenvalue weighted by Gasteiger charge is 2.05. The first-order chi connectivity index (χ1) is 7.19. The molecule has 0 aliphatic rings. The highest BCUT2D eigenvalue weighted by Crippen LogP contribution is 2.22. The Morgan fingerprint density at radius 3 is 2.80 bits per heavy atom. The van der Waals surface area contributed by atoms with E-state index in [4.69, 9.17) is 4.74 Å². The summed E-state index contributed by atoms with van der Waals surface area (Å²) in [4.78, 5) is 0. The van der Waals surface area contributed by atoms with Crippen LogP contribution in [-0.2, 0) is 0 Å². The van der Waals surface area contributed by atoms with Crippen molar-refractivity contribution < 1.29 is 4.74 Å². The minimum absolute atomic E-state index is 0.372. The highest BCUT2D eigenvalue weighted by molar-refractivity contribution is 5.37. The number of rotatable bonds is 5. The van der Waals surface area contributed by atoms with Crippen LogP contribution >= 0.6 is 0 Å². The molecule has 0 heterocycles. The zero-order valence-corrected chi connectivity index (χ0v) is 9.71. The van der Waals surface area contributed by atoms with E-state index in [9.17, 15) is 0 Å². The molecule has 0 saturated carbocycles. The fourth-order valence-electron chi connectivity index (χ4n) is 1.42. The van der Waals surface area contributed by atoms with Gasteiger partial charge in [0.25, 0.3) is 0 Å². The van der Waals surface area contributed by atoms with Gasteiger partial charge >= 0.3 is 0 Å². The molecule has 82 valence electrons. The molecule has 2 nitrogen and oxygen atoms in total. The Kier molecular flexibility index (Phi) is 4.37. The molecule has 1 N–H and O–H groups in total. The maximum Gasteiger partial charge on any atom is 0.122 e. The van der Waals surface area contributed by atoms with E-state index in [1.165, 1.54) is 5.56 Å². The molecule has 0 radical (unpaired) electrons. The van der Waals surface area contributed by atoms with Crippen LogP contribution in [-0.4, -0.2) is 13.7 Å². The van der Waals surface area contributed by atoms with E-state index in [-0.39, 0.29) is 0 Å². The van der Waals surface area contributed by atoms with Crippen LogP contribution in [0.1, 0.15) is 24.1 Å². The molecule has 0 spiro atoms. The van der Waals surface area contributed by atoms with Gasteiger partial charge in [-0.15, -0.1) is 0 Å². The van der Waals surface area contributed by atoms with E-state index in [0.717, 1.165) is 11.3 Å². The first-order valence-electron chi connectivity index (χ1n) is 5.20. The molecule has 0 aliphatic carbocycles. The van der Waals surface area contributed by atoms with Gasteiger partial charge in [-0.1, -0.05) is 24.8 Å². The van der Waals surface area contributed by atoms with Crippen LogP contribution in [0.3, 0.4) is 0 Å². The maximum atomic E-state index is 5.52. The number of hydrogen-bond acceptors (Lipinski definition) is 2. The molecule has 1 atom stereocenters. The third-order valence-corrected chi connectivity index (χ3v) is 2.49. The van der Waals surface area contributed by atoms with Crippen molar-refractivity contribution in [3.05, 3.63) is 42.0 Å². The smallest absolute Gasteiger partial charge is 0.122 e. The quantitative estimate of drug-likeness (QED) is 0.746. The van der Waals surface area contributed by atoms with Gasteiger partial charge in [-0.05, 0) is 38.1 Å². The molecule has 0 bridgehead atoms. The van der Waals surface area contributed by atoms with Crippen LogP contribution < -0.4 is 10.1 Å². The van der Waals surface area contributed by atoms with Gasteiger partial charge < -0.3 is 10.1 Å². The minimum Gasteiger partial charge on any atom is -0.489 e. The standard InChI is InChI=1S/C13H19NO/c1-5-8-15-13-7-6-12(9-10(13)2)11(3)14-4/h5-7,9,11,14H,1,8H2,2-4H3. The van der Waals surface area contributed by atoms with Crippen LogP contribution in [0.2, 0.25) is 0 Å². The Balaban J connectivity index is 2.82. The van der Waals surface area contributed by atoms with Crippen LogP contribution in [0.25, 0.3) is 0 Å². The lowest BCUT2D eigenvalue weighted by molar-refractivity contribution is 0.360. The highest BCUT2D eigenvalue weighted by atomic mass is 16.5. The lowest BCUT2D eigenvalue weighted by Gasteiger charge is -2.13. The first kappa shape index (κ1) is 11.8. The van der Waals surface area contributed by atoms with E-state index < -0.39 is 0 Å². The SMILES string of the molecule is C=CCOc1ccc(C(C)NC)cc1C. The predicted octanol–water partition coefficient (Wildman–Crippen LogP) is 2.84. The Hall–Kier alpha value is -1.28. The number of ether oxygens (including phenoxy) is 1. The second kappa shape index (κ2) is 5.56. The molecule has 15 heavy (non-hydrogen) atoms. The van der Waals surface area contributed by atoms with Gasteiger partial charge in [0, 0.05) is 6.04 Å². The summed E-state index contributed by atoms with van der Waals surface area (Å²) in [6.07, 6.45) is 1.75. The second-order valence-electron chi connectivity index (χ2n) is 3.63. The molecule has 0 aromatic heterocycles. The van der Waals surface area contributed by atoms with Gasteiger partial charge in [0.2, 0.25) is 0 Å². The topological polar surface area (TPSA) is 21.3 Å². The third kappa shape index (κ3) is 3.10. The fraction of sp³-hybridized carbons (Fsp3) is 0.385. The zero-order chi connectivity index (χ0) is 11.3. The van der Waals surface area contributed by atoms with Crippen molar-refractivity contribution in [2.75, 3.05) is 13.7 Å². The lowest BCUT2D eigenvalue weighted by atomic mass is 10.1. The zero-order valence-electron chi connectivity index (χ0n) is 9.71. The monoisotopic (exact) mass is 205 g/mol. The molecule has 0 aliphatic heterocycles. The van der Waals surface area contributed by atoms with Gasteiger partial charge in [-0.2, -0.15) is 0 Å². The van der Waals surface area contributed by atoms with Crippen LogP contribution in [0.15, 0.2) is 30.9 Å². The molecular formula is C13H19NO. The summed E-state index contributed by atoms with van der Waals surface area (Å²) in [5.41, 5.74) is 2.44. The van der Waals surface area contributed by atoms with Crippen LogP contribution in [0.4, 0.5) is 0 Å². The summed E-state index contributed by atoms with van der Waals surface area (Å²) in [5, 5.41) is 3.21. The Bertz CT molecular complexity index is 333. The van der Waals surface area contributed by atoms with Crippen molar-refractivity contribution in [1.82, 2.24) is 5.32 Å². The Morgan fingerprint density at radius 2 is 2.27 bits per heavy atom. The fourth-order valence-corrected chi connectivity index (χ4v) is 1.42. The minimum atomic E-state index is 0.372. The normalized spacial score (nSPS) is 12.2. The number of aryl methyl sites for hydroxylation is 1. The average molecular weight is 205 g/mol. The van der Waals surface area contributed by atoms with Gasteiger partial charge in [0.05, 0.1) is 0 Å². The van der Waals surface area contributed by atoms with Gasteiger partial charge in [0.15, 0.2) is 0 Å². The summed E-state index contributed by atoms with van der Waals surface area (Å²) in [7, 11) is 1.96. The van der Waals surface area contributed by atoms with E-state index in [1.807, 2.05) is 13.1 Å². The average Bonchev–Trinajstić information content (AvgIpc) is 2.26. The first-order valence-corrected chi connectivity index (χ1v) is 5.20. The molecule has 1 aromatic carbocycles. The van der Waals surface area contributed by atoms with Crippen molar-refractivity contribution in [3.63, 3.8) is 0 Å². The van der Waals surface area contributed by atoms with Crippen LogP contribution in [0.5, 0.6) is 5.75 Å². The molecular weight excluding hydrogens is 186 g/mol. The molecule has 0 saturated heterocycles. The van der Waals surface area contributed by atoms with Gasteiger partial charge in [-0.3, -0.25) is 0 Å². The van der Waals surface area contributed by atoms with Crippen molar-refractivity contribution in [3.8, 4) is 5.75 Å². The second-order valence-corrected chi connectivity index (χ2v) is 3.63.